The van der Waals surface area contributed by atoms with Gasteiger partial charge in [0, 0.05) is 68.9 Å². The summed E-state index contributed by atoms with van der Waals surface area (Å²) >= 11 is 0. The first kappa shape index (κ1) is 38.6. The molecule has 5 aromatic rings. The van der Waals surface area contributed by atoms with Gasteiger partial charge in [0.2, 0.25) is 5.91 Å². The van der Waals surface area contributed by atoms with E-state index in [2.05, 4.69) is 15.2 Å². The van der Waals surface area contributed by atoms with Crippen molar-refractivity contribution in [2.75, 3.05) is 62.1 Å². The summed E-state index contributed by atoms with van der Waals surface area (Å²) in [6, 6.07) is 30.3. The number of hydrogen-bond donors (Lipinski definition) is 1. The fraction of sp³-hybridized carbons (Fsp3) is 0.289. The van der Waals surface area contributed by atoms with Crippen LogP contribution in [0.3, 0.4) is 0 Å². The van der Waals surface area contributed by atoms with Gasteiger partial charge in [-0.05, 0) is 98.3 Å². The van der Waals surface area contributed by atoms with Crippen LogP contribution >= 0.6 is 0 Å². The summed E-state index contributed by atoms with van der Waals surface area (Å²) in [5.74, 6) is 0.643. The van der Waals surface area contributed by atoms with Crippen LogP contribution in [0.25, 0.3) is 11.1 Å². The lowest BCUT2D eigenvalue weighted by atomic mass is 9.98. The van der Waals surface area contributed by atoms with Gasteiger partial charge in [-0.2, -0.15) is 0 Å². The van der Waals surface area contributed by atoms with Crippen molar-refractivity contribution in [2.45, 2.75) is 39.5 Å². The summed E-state index contributed by atoms with van der Waals surface area (Å²) < 4.78 is 11.9. The molecule has 0 spiro atoms. The molecule has 55 heavy (non-hydrogen) atoms. The van der Waals surface area contributed by atoms with Gasteiger partial charge in [0.15, 0.2) is 0 Å². The summed E-state index contributed by atoms with van der Waals surface area (Å²) in [5.41, 5.74) is 7.08. The maximum absolute atomic E-state index is 13.8. The number of carbonyl (C=O) groups is 3. The highest BCUT2D eigenvalue weighted by molar-refractivity contribution is 6.10. The molecular weight excluding hydrogens is 691 g/mol. The van der Waals surface area contributed by atoms with Crippen LogP contribution in [0, 0.1) is 13.8 Å². The average Bonchev–Trinajstić information content (AvgIpc) is 3.22. The number of rotatable bonds is 14. The van der Waals surface area contributed by atoms with Gasteiger partial charge < -0.3 is 29.5 Å². The largest absolute Gasteiger partial charge is 0.495 e. The van der Waals surface area contributed by atoms with Crippen LogP contribution in [0.1, 0.15) is 57.5 Å². The molecule has 1 N–H and O–H groups in total. The monoisotopic (exact) mass is 739 g/mol. The molecule has 0 bridgehead atoms. The van der Waals surface area contributed by atoms with Crippen LogP contribution in [-0.2, 0) is 4.79 Å². The summed E-state index contributed by atoms with van der Waals surface area (Å²) in [6.07, 6.45) is 6.56. The van der Waals surface area contributed by atoms with E-state index >= 15 is 0 Å². The molecule has 284 valence electrons. The zero-order valence-electron chi connectivity index (χ0n) is 32.1. The van der Waals surface area contributed by atoms with Gasteiger partial charge in [-0.1, -0.05) is 54.1 Å². The van der Waals surface area contributed by atoms with Crippen molar-refractivity contribution in [1.82, 2.24) is 9.88 Å². The normalized spacial score (nSPS) is 12.6. The van der Waals surface area contributed by atoms with E-state index in [1.807, 2.05) is 91.5 Å². The number of ether oxygens (including phenoxy) is 2. The Morgan fingerprint density at radius 1 is 0.782 bits per heavy atom. The molecule has 1 saturated heterocycles. The minimum atomic E-state index is -0.283. The van der Waals surface area contributed by atoms with Crippen molar-refractivity contribution in [3.05, 3.63) is 132 Å². The van der Waals surface area contributed by atoms with E-state index < -0.39 is 0 Å². The zero-order chi connectivity index (χ0) is 38.7. The van der Waals surface area contributed by atoms with Crippen molar-refractivity contribution >= 4 is 34.8 Å². The quantitative estimate of drug-likeness (QED) is 0.115. The lowest BCUT2D eigenvalue weighted by molar-refractivity contribution is -0.131. The Bertz CT molecular complexity index is 2100. The SMILES string of the molecule is COc1cc(C(=O)N(C)c2ccc(C)cc2OCCCCCC(=O)N2CCN(c3ccncc3)CC2)ccc1NC(=O)c1ccccc1-c1ccc(C)cc1. The summed E-state index contributed by atoms with van der Waals surface area (Å²) in [6.45, 7) is 7.57. The number of hydrogen-bond acceptors (Lipinski definition) is 7. The molecule has 0 unspecified atom stereocenters. The molecule has 1 aliphatic rings. The van der Waals surface area contributed by atoms with E-state index in [1.54, 1.807) is 48.6 Å². The highest BCUT2D eigenvalue weighted by Gasteiger charge is 2.22. The van der Waals surface area contributed by atoms with Gasteiger partial charge in [-0.3, -0.25) is 19.4 Å². The highest BCUT2D eigenvalue weighted by atomic mass is 16.5. The zero-order valence-corrected chi connectivity index (χ0v) is 32.1. The number of benzene rings is 4. The second-order valence-electron chi connectivity index (χ2n) is 13.8. The molecule has 1 aliphatic heterocycles. The fourth-order valence-electron chi connectivity index (χ4n) is 6.76. The number of aryl methyl sites for hydroxylation is 2. The molecule has 1 aromatic heterocycles. The van der Waals surface area contributed by atoms with Crippen LogP contribution in [0.2, 0.25) is 0 Å². The Labute approximate surface area is 323 Å². The number of piperazine rings is 1. The van der Waals surface area contributed by atoms with Gasteiger partial charge in [0.25, 0.3) is 11.8 Å². The minimum absolute atomic E-state index is 0.201. The van der Waals surface area contributed by atoms with Crippen molar-refractivity contribution in [3.63, 3.8) is 0 Å². The van der Waals surface area contributed by atoms with Crippen LogP contribution < -0.4 is 24.6 Å². The Balaban J connectivity index is 1.02. The Kier molecular flexibility index (Phi) is 12.8. The van der Waals surface area contributed by atoms with E-state index in [1.165, 1.54) is 7.11 Å². The lowest BCUT2D eigenvalue weighted by Gasteiger charge is -2.36. The molecule has 3 amide bonds. The second kappa shape index (κ2) is 18.2. The van der Waals surface area contributed by atoms with Gasteiger partial charge in [0.1, 0.15) is 11.5 Å². The maximum Gasteiger partial charge on any atom is 0.258 e. The Morgan fingerprint density at radius 2 is 1.51 bits per heavy atom. The molecular formula is C45H49N5O5. The van der Waals surface area contributed by atoms with E-state index in [4.69, 9.17) is 9.47 Å². The summed E-state index contributed by atoms with van der Waals surface area (Å²) in [4.78, 5) is 50.1. The fourth-order valence-corrected chi connectivity index (χ4v) is 6.76. The third kappa shape index (κ3) is 9.69. The predicted molar refractivity (Wildman–Crippen MR) is 218 cm³/mol. The molecule has 0 radical (unpaired) electrons. The number of unbranched alkanes of at least 4 members (excludes halogenated alkanes) is 2. The van der Waals surface area contributed by atoms with Gasteiger partial charge in [0.05, 0.1) is 25.1 Å². The first-order chi connectivity index (χ1) is 26.7. The van der Waals surface area contributed by atoms with E-state index in [0.29, 0.717) is 47.0 Å². The topological polar surface area (TPSA) is 104 Å². The van der Waals surface area contributed by atoms with E-state index in [9.17, 15) is 14.4 Å². The molecule has 2 heterocycles. The average molecular weight is 740 g/mol. The van der Waals surface area contributed by atoms with E-state index in [0.717, 1.165) is 73.4 Å². The van der Waals surface area contributed by atoms with E-state index in [-0.39, 0.29) is 17.7 Å². The Morgan fingerprint density at radius 3 is 2.25 bits per heavy atom. The van der Waals surface area contributed by atoms with Gasteiger partial charge in [-0.25, -0.2) is 0 Å². The van der Waals surface area contributed by atoms with Crippen molar-refractivity contribution in [2.24, 2.45) is 0 Å². The Hall–Kier alpha value is -6.16. The van der Waals surface area contributed by atoms with Gasteiger partial charge >= 0.3 is 0 Å². The minimum Gasteiger partial charge on any atom is -0.495 e. The van der Waals surface area contributed by atoms with Crippen molar-refractivity contribution in [3.8, 4) is 22.6 Å². The second-order valence-corrected chi connectivity index (χ2v) is 13.8. The number of nitrogens with zero attached hydrogens (tertiary/aromatic N) is 4. The molecule has 6 rings (SSSR count). The van der Waals surface area contributed by atoms with Crippen LogP contribution in [0.5, 0.6) is 11.5 Å². The van der Waals surface area contributed by atoms with Crippen LogP contribution in [0.4, 0.5) is 17.1 Å². The first-order valence-corrected chi connectivity index (χ1v) is 18.8. The third-order valence-electron chi connectivity index (χ3n) is 9.97. The predicted octanol–water partition coefficient (Wildman–Crippen LogP) is 8.19. The number of amides is 3. The molecule has 10 nitrogen and oxygen atoms in total. The number of pyridine rings is 1. The summed E-state index contributed by atoms with van der Waals surface area (Å²) in [7, 11) is 3.23. The van der Waals surface area contributed by atoms with Crippen LogP contribution in [0.15, 0.2) is 109 Å². The maximum atomic E-state index is 13.8. The van der Waals surface area contributed by atoms with Crippen molar-refractivity contribution in [1.29, 1.82) is 0 Å². The molecule has 0 saturated carbocycles. The molecule has 1 fully saturated rings. The third-order valence-corrected chi connectivity index (χ3v) is 9.97. The van der Waals surface area contributed by atoms with Crippen LogP contribution in [-0.4, -0.2) is 74.5 Å². The molecule has 10 heteroatoms. The number of carbonyl (C=O) groups excluding carboxylic acids is 3. The highest BCUT2D eigenvalue weighted by Crippen LogP contribution is 2.33. The summed E-state index contributed by atoms with van der Waals surface area (Å²) in [5, 5.41) is 2.98. The van der Waals surface area contributed by atoms with Gasteiger partial charge in [-0.15, -0.1) is 0 Å². The smallest absolute Gasteiger partial charge is 0.258 e. The number of methoxy groups -OCH3 is 1. The molecule has 0 aliphatic carbocycles. The molecule has 4 aromatic carbocycles. The van der Waals surface area contributed by atoms with Crippen molar-refractivity contribution < 1.29 is 23.9 Å². The first-order valence-electron chi connectivity index (χ1n) is 18.8. The number of nitrogens with one attached hydrogen (secondary N) is 1. The molecule has 0 atom stereocenters. The number of aromatic nitrogens is 1. The standard InChI is InChI=1S/C45H49N5O5/c1-32-13-16-34(17-14-32)37-10-7-8-11-38(37)44(52)47-39-19-18-35(31-41(39)54-4)45(53)48(3)40-20-15-33(2)30-42(40)55-29-9-5-6-12-43(51)50-27-25-49(26-28-50)36-21-23-46-24-22-36/h7-8,10-11,13-24,30-31H,5-6,9,12,25-29H2,1-4H3,(H,47,52). The number of anilines is 3. The lowest BCUT2D eigenvalue weighted by Crippen LogP contribution is -2.48.